The van der Waals surface area contributed by atoms with E-state index in [-0.39, 0.29) is 30.8 Å². The minimum atomic E-state index is -0.583. The Hall–Kier alpha value is -2.44. The van der Waals surface area contributed by atoms with Gasteiger partial charge in [-0.05, 0) is 61.1 Å². The molecule has 1 aliphatic carbocycles. The van der Waals surface area contributed by atoms with E-state index in [4.69, 9.17) is 32.7 Å². The highest BCUT2D eigenvalue weighted by molar-refractivity contribution is 6.35. The molecule has 3 rings (SSSR count). The molecule has 2 amide bonds. The van der Waals surface area contributed by atoms with Crippen molar-refractivity contribution in [1.29, 1.82) is 0 Å². The Labute approximate surface area is 217 Å². The first kappa shape index (κ1) is 27.2. The van der Waals surface area contributed by atoms with Crippen molar-refractivity contribution in [3.63, 3.8) is 0 Å². The van der Waals surface area contributed by atoms with Crippen LogP contribution >= 0.6 is 23.2 Å². The Kier molecular flexibility index (Phi) is 10.1. The summed E-state index contributed by atoms with van der Waals surface area (Å²) in [5, 5.41) is 4.16. The first-order valence-electron chi connectivity index (χ1n) is 12.1. The summed E-state index contributed by atoms with van der Waals surface area (Å²) in [5.74, 6) is 1.03. The zero-order chi connectivity index (χ0) is 25.4. The highest BCUT2D eigenvalue weighted by Crippen LogP contribution is 2.29. The lowest BCUT2D eigenvalue weighted by atomic mass is 10.0. The zero-order valence-corrected chi connectivity index (χ0v) is 22.1. The van der Waals surface area contributed by atoms with Crippen molar-refractivity contribution in [2.45, 2.75) is 70.5 Å². The molecule has 1 N–H and O–H groups in total. The zero-order valence-electron chi connectivity index (χ0n) is 20.6. The molecular weight excluding hydrogens is 487 g/mol. The van der Waals surface area contributed by atoms with Crippen molar-refractivity contribution < 1.29 is 19.1 Å². The highest BCUT2D eigenvalue weighted by Gasteiger charge is 2.30. The molecular formula is C27H34Cl2N2O4. The molecule has 6 nitrogen and oxygen atoms in total. The summed E-state index contributed by atoms with van der Waals surface area (Å²) in [4.78, 5) is 28.4. The van der Waals surface area contributed by atoms with E-state index >= 15 is 0 Å². The number of benzene rings is 2. The average molecular weight is 521 g/mol. The number of hydrogen-bond donors (Lipinski definition) is 1. The van der Waals surface area contributed by atoms with E-state index in [0.717, 1.165) is 36.8 Å². The minimum Gasteiger partial charge on any atom is -0.493 e. The summed E-state index contributed by atoms with van der Waals surface area (Å²) in [7, 11) is 3.17. The van der Waals surface area contributed by atoms with Crippen molar-refractivity contribution in [2.75, 3.05) is 14.2 Å². The van der Waals surface area contributed by atoms with E-state index in [1.165, 1.54) is 0 Å². The third-order valence-corrected chi connectivity index (χ3v) is 7.11. The lowest BCUT2D eigenvalue weighted by molar-refractivity contribution is -0.141. The van der Waals surface area contributed by atoms with Crippen molar-refractivity contribution >= 4 is 35.0 Å². The fourth-order valence-electron chi connectivity index (χ4n) is 4.55. The third kappa shape index (κ3) is 7.28. The summed E-state index contributed by atoms with van der Waals surface area (Å²) < 4.78 is 10.7. The van der Waals surface area contributed by atoms with Gasteiger partial charge in [0.15, 0.2) is 11.5 Å². The summed E-state index contributed by atoms with van der Waals surface area (Å²) >= 11 is 12.5. The molecule has 0 aliphatic heterocycles. The number of aryl methyl sites for hydroxylation is 1. The Balaban J connectivity index is 1.80. The van der Waals surface area contributed by atoms with Crippen molar-refractivity contribution in [3.8, 4) is 11.5 Å². The molecule has 2 aromatic carbocycles. The second-order valence-corrected chi connectivity index (χ2v) is 9.70. The number of halogens is 2. The quantitative estimate of drug-likeness (QED) is 0.405. The molecule has 0 bridgehead atoms. The van der Waals surface area contributed by atoms with E-state index in [1.54, 1.807) is 37.3 Å². The third-order valence-electron chi connectivity index (χ3n) is 6.52. The monoisotopic (exact) mass is 520 g/mol. The molecule has 0 spiro atoms. The van der Waals surface area contributed by atoms with Gasteiger partial charge in [0, 0.05) is 29.1 Å². The van der Waals surface area contributed by atoms with Crippen LogP contribution < -0.4 is 14.8 Å². The van der Waals surface area contributed by atoms with Crippen molar-refractivity contribution in [2.24, 2.45) is 0 Å². The van der Waals surface area contributed by atoms with E-state index in [1.807, 2.05) is 25.1 Å². The summed E-state index contributed by atoms with van der Waals surface area (Å²) in [6, 6.07) is 10.4. The number of methoxy groups -OCH3 is 2. The SMILES string of the molecule is CC[C@@H](C(=O)NC1CCCC1)N(Cc1ccc(Cl)cc1Cl)C(=O)CCc1ccc(OC)c(OC)c1. The standard InChI is InChI=1S/C27H34Cl2N2O4/c1-4-23(27(33)30-21-7-5-6-8-21)31(17-19-11-12-20(28)16-22(19)29)26(32)14-10-18-9-13-24(34-2)25(15-18)35-3/h9,11-13,15-16,21,23H,4-8,10,14,17H2,1-3H3,(H,30,33)/t23-/m0/s1. The molecule has 190 valence electrons. The lowest BCUT2D eigenvalue weighted by Gasteiger charge is -2.32. The fraction of sp³-hybridized carbons (Fsp3) is 0.481. The highest BCUT2D eigenvalue weighted by atomic mass is 35.5. The van der Waals surface area contributed by atoms with Gasteiger partial charge in [-0.15, -0.1) is 0 Å². The number of amides is 2. The minimum absolute atomic E-state index is 0.107. The largest absolute Gasteiger partial charge is 0.493 e. The molecule has 1 aliphatic rings. The number of carbonyl (C=O) groups excluding carboxylic acids is 2. The predicted octanol–water partition coefficient (Wildman–Crippen LogP) is 5.81. The maximum atomic E-state index is 13.5. The molecule has 35 heavy (non-hydrogen) atoms. The molecule has 1 fully saturated rings. The van der Waals surface area contributed by atoms with E-state index in [0.29, 0.717) is 34.4 Å². The number of carbonyl (C=O) groups is 2. The molecule has 0 aromatic heterocycles. The number of hydrogen-bond acceptors (Lipinski definition) is 4. The molecule has 0 unspecified atom stereocenters. The van der Waals surface area contributed by atoms with Gasteiger partial charge in [-0.2, -0.15) is 0 Å². The van der Waals surface area contributed by atoms with Gasteiger partial charge in [-0.1, -0.05) is 55.1 Å². The van der Waals surface area contributed by atoms with E-state index in [2.05, 4.69) is 5.32 Å². The summed E-state index contributed by atoms with van der Waals surface area (Å²) in [6.45, 7) is 2.16. The van der Waals surface area contributed by atoms with Crippen LogP contribution in [0.15, 0.2) is 36.4 Å². The van der Waals surface area contributed by atoms with Gasteiger partial charge in [0.05, 0.1) is 14.2 Å². The van der Waals surface area contributed by atoms with Crippen LogP contribution in [0.25, 0.3) is 0 Å². The fourth-order valence-corrected chi connectivity index (χ4v) is 5.02. The Bertz CT molecular complexity index is 1020. The number of rotatable bonds is 11. The van der Waals surface area contributed by atoms with Crippen molar-refractivity contribution in [1.82, 2.24) is 10.2 Å². The molecule has 1 saturated carbocycles. The second-order valence-electron chi connectivity index (χ2n) is 8.86. The summed E-state index contributed by atoms with van der Waals surface area (Å²) in [6.07, 6.45) is 5.47. The molecule has 2 aromatic rings. The molecule has 1 atom stereocenters. The van der Waals surface area contributed by atoms with Crippen molar-refractivity contribution in [3.05, 3.63) is 57.6 Å². The van der Waals surface area contributed by atoms with Crippen LogP contribution in [-0.2, 0) is 22.6 Å². The van der Waals surface area contributed by atoms with E-state index < -0.39 is 6.04 Å². The predicted molar refractivity (Wildman–Crippen MR) is 139 cm³/mol. The van der Waals surface area contributed by atoms with Gasteiger partial charge in [0.25, 0.3) is 0 Å². The van der Waals surface area contributed by atoms with Gasteiger partial charge in [0.2, 0.25) is 11.8 Å². The van der Waals surface area contributed by atoms with Gasteiger partial charge in [0.1, 0.15) is 6.04 Å². The van der Waals surface area contributed by atoms with Crippen LogP contribution in [0.5, 0.6) is 11.5 Å². The molecule has 0 saturated heterocycles. The van der Waals surface area contributed by atoms with Crippen LogP contribution in [0, 0.1) is 0 Å². The Morgan fingerprint density at radius 2 is 1.77 bits per heavy atom. The topological polar surface area (TPSA) is 67.9 Å². The number of ether oxygens (including phenoxy) is 2. The van der Waals surface area contributed by atoms with Crippen LogP contribution in [0.2, 0.25) is 10.0 Å². The van der Waals surface area contributed by atoms with Crippen LogP contribution in [-0.4, -0.2) is 43.0 Å². The molecule has 0 radical (unpaired) electrons. The van der Waals surface area contributed by atoms with Crippen LogP contribution in [0.4, 0.5) is 0 Å². The average Bonchev–Trinajstić information content (AvgIpc) is 3.36. The number of nitrogens with zero attached hydrogens (tertiary/aromatic N) is 1. The maximum absolute atomic E-state index is 13.5. The lowest BCUT2D eigenvalue weighted by Crippen LogP contribution is -2.51. The maximum Gasteiger partial charge on any atom is 0.243 e. The first-order valence-corrected chi connectivity index (χ1v) is 12.9. The van der Waals surface area contributed by atoms with E-state index in [9.17, 15) is 9.59 Å². The number of nitrogens with one attached hydrogen (secondary N) is 1. The second kappa shape index (κ2) is 13.0. The van der Waals surface area contributed by atoms with Gasteiger partial charge in [-0.25, -0.2) is 0 Å². The van der Waals surface area contributed by atoms with Gasteiger partial charge >= 0.3 is 0 Å². The molecule has 8 heteroatoms. The normalized spacial score (nSPS) is 14.4. The smallest absolute Gasteiger partial charge is 0.243 e. The molecule has 0 heterocycles. The Morgan fingerprint density at radius 1 is 1.06 bits per heavy atom. The van der Waals surface area contributed by atoms with Gasteiger partial charge < -0.3 is 19.7 Å². The van der Waals surface area contributed by atoms with Gasteiger partial charge in [-0.3, -0.25) is 9.59 Å². The van der Waals surface area contributed by atoms with Crippen LogP contribution in [0.3, 0.4) is 0 Å². The first-order chi connectivity index (χ1) is 16.9. The summed E-state index contributed by atoms with van der Waals surface area (Å²) in [5.41, 5.74) is 1.70. The Morgan fingerprint density at radius 3 is 2.40 bits per heavy atom. The van der Waals surface area contributed by atoms with Crippen LogP contribution in [0.1, 0.15) is 56.6 Å².